The van der Waals surface area contributed by atoms with Crippen molar-refractivity contribution in [2.75, 3.05) is 12.4 Å². The number of hydrogen-bond acceptors (Lipinski definition) is 3. The number of carbonyl (C=O) groups is 1. The third-order valence-electron chi connectivity index (χ3n) is 3.30. The number of carbonyl (C=O) groups excluding carboxylic acids is 1. The van der Waals surface area contributed by atoms with Crippen molar-refractivity contribution in [2.45, 2.75) is 46.6 Å². The van der Waals surface area contributed by atoms with E-state index in [2.05, 4.69) is 36.4 Å². The summed E-state index contributed by atoms with van der Waals surface area (Å²) in [6.45, 7) is 8.32. The van der Waals surface area contributed by atoms with Crippen LogP contribution in [0.2, 0.25) is 0 Å². The van der Waals surface area contributed by atoms with Gasteiger partial charge in [-0.15, -0.1) is 0 Å². The molecular weight excluding hydrogens is 238 g/mol. The number of aromatic nitrogens is 1. The highest BCUT2D eigenvalue weighted by Gasteiger charge is 2.13. The second-order valence-corrected chi connectivity index (χ2v) is 5.26. The lowest BCUT2D eigenvalue weighted by Crippen LogP contribution is -2.33. The summed E-state index contributed by atoms with van der Waals surface area (Å²) in [6, 6.07) is 3.78. The van der Waals surface area contributed by atoms with E-state index in [1.807, 2.05) is 13.0 Å². The van der Waals surface area contributed by atoms with Crippen LogP contribution in [-0.4, -0.2) is 24.0 Å². The third-order valence-corrected chi connectivity index (χ3v) is 3.30. The van der Waals surface area contributed by atoms with Gasteiger partial charge in [0.2, 0.25) is 0 Å². The summed E-state index contributed by atoms with van der Waals surface area (Å²) >= 11 is 0. The van der Waals surface area contributed by atoms with Crippen LogP contribution >= 0.6 is 0 Å². The number of pyridine rings is 1. The zero-order valence-electron chi connectivity index (χ0n) is 12.6. The van der Waals surface area contributed by atoms with Gasteiger partial charge in [0.05, 0.1) is 0 Å². The van der Waals surface area contributed by atoms with Crippen LogP contribution in [-0.2, 0) is 0 Å². The maximum Gasteiger partial charge on any atom is 0.251 e. The Kier molecular flexibility index (Phi) is 5.80. The van der Waals surface area contributed by atoms with E-state index in [9.17, 15) is 4.79 Å². The Morgan fingerprint density at radius 3 is 2.63 bits per heavy atom. The molecule has 2 unspecified atom stereocenters. The van der Waals surface area contributed by atoms with Gasteiger partial charge < -0.3 is 10.6 Å². The average molecular weight is 263 g/mol. The maximum atomic E-state index is 12.2. The summed E-state index contributed by atoms with van der Waals surface area (Å²) in [7, 11) is 1.80. The summed E-state index contributed by atoms with van der Waals surface area (Å²) in [5.74, 6) is 1.32. The van der Waals surface area contributed by atoms with Gasteiger partial charge in [0.25, 0.3) is 5.91 Å². The summed E-state index contributed by atoms with van der Waals surface area (Å²) in [5.41, 5.74) is 1.50. The molecule has 0 saturated carbocycles. The summed E-state index contributed by atoms with van der Waals surface area (Å²) < 4.78 is 0. The van der Waals surface area contributed by atoms with Gasteiger partial charge in [-0.3, -0.25) is 4.79 Å². The molecule has 0 saturated heterocycles. The minimum Gasteiger partial charge on any atom is -0.373 e. The predicted molar refractivity (Wildman–Crippen MR) is 79.5 cm³/mol. The van der Waals surface area contributed by atoms with Crippen LogP contribution < -0.4 is 10.6 Å². The highest BCUT2D eigenvalue weighted by atomic mass is 16.1. The Morgan fingerprint density at radius 2 is 2.05 bits per heavy atom. The Balaban J connectivity index is 2.70. The van der Waals surface area contributed by atoms with Crippen molar-refractivity contribution < 1.29 is 4.79 Å². The van der Waals surface area contributed by atoms with Crippen LogP contribution in [0, 0.1) is 12.8 Å². The first-order valence-corrected chi connectivity index (χ1v) is 6.93. The van der Waals surface area contributed by atoms with Crippen LogP contribution in [0.25, 0.3) is 0 Å². The van der Waals surface area contributed by atoms with Crippen LogP contribution in [0.3, 0.4) is 0 Å². The minimum absolute atomic E-state index is 0.0298. The number of nitrogens with one attached hydrogen (secondary N) is 2. The van der Waals surface area contributed by atoms with E-state index < -0.39 is 0 Å². The quantitative estimate of drug-likeness (QED) is 0.829. The Labute approximate surface area is 116 Å². The molecule has 19 heavy (non-hydrogen) atoms. The van der Waals surface area contributed by atoms with Crippen molar-refractivity contribution in [3.63, 3.8) is 0 Å². The summed E-state index contributed by atoms with van der Waals surface area (Å²) in [4.78, 5) is 16.5. The van der Waals surface area contributed by atoms with Crippen molar-refractivity contribution in [3.05, 3.63) is 23.4 Å². The van der Waals surface area contributed by atoms with Gasteiger partial charge in [0.1, 0.15) is 5.82 Å². The Hall–Kier alpha value is -1.58. The first-order valence-electron chi connectivity index (χ1n) is 6.93. The molecule has 0 aromatic carbocycles. The molecule has 0 fully saturated rings. The second kappa shape index (κ2) is 7.12. The number of rotatable bonds is 6. The molecule has 0 bridgehead atoms. The van der Waals surface area contributed by atoms with E-state index in [1.165, 1.54) is 0 Å². The molecule has 1 aromatic heterocycles. The molecule has 4 nitrogen and oxygen atoms in total. The topological polar surface area (TPSA) is 54.0 Å². The average Bonchev–Trinajstić information content (AvgIpc) is 2.37. The number of hydrogen-bond donors (Lipinski definition) is 2. The second-order valence-electron chi connectivity index (χ2n) is 5.26. The van der Waals surface area contributed by atoms with E-state index in [1.54, 1.807) is 13.1 Å². The zero-order valence-corrected chi connectivity index (χ0v) is 12.6. The van der Waals surface area contributed by atoms with Gasteiger partial charge in [-0.1, -0.05) is 20.3 Å². The smallest absolute Gasteiger partial charge is 0.251 e. The van der Waals surface area contributed by atoms with Gasteiger partial charge in [0, 0.05) is 24.3 Å². The molecule has 0 aliphatic rings. The van der Waals surface area contributed by atoms with E-state index >= 15 is 0 Å². The molecule has 0 aliphatic heterocycles. The molecular formula is C15H25N3O. The Bertz CT molecular complexity index is 431. The van der Waals surface area contributed by atoms with Crippen molar-refractivity contribution in [1.82, 2.24) is 10.3 Å². The molecule has 0 aliphatic carbocycles. The normalized spacial score (nSPS) is 13.7. The zero-order chi connectivity index (χ0) is 14.4. The molecule has 2 N–H and O–H groups in total. The summed E-state index contributed by atoms with van der Waals surface area (Å²) in [5, 5.41) is 6.01. The number of amides is 1. The standard InChI is InChI=1S/C15H25N3O/c1-6-10(2)7-11(3)18-15(19)13-8-12(4)17-14(9-13)16-5/h8-11H,6-7H2,1-5H3,(H,16,17)(H,18,19). The first kappa shape index (κ1) is 15.5. The highest BCUT2D eigenvalue weighted by molar-refractivity contribution is 5.95. The molecule has 1 rings (SSSR count). The largest absolute Gasteiger partial charge is 0.373 e. The van der Waals surface area contributed by atoms with Gasteiger partial charge >= 0.3 is 0 Å². The van der Waals surface area contributed by atoms with E-state index in [0.717, 1.165) is 24.4 Å². The van der Waals surface area contributed by atoms with Gasteiger partial charge in [-0.05, 0) is 38.3 Å². The van der Waals surface area contributed by atoms with Crippen LogP contribution in [0.15, 0.2) is 12.1 Å². The first-order chi connectivity index (χ1) is 8.96. The van der Waals surface area contributed by atoms with Gasteiger partial charge in [0.15, 0.2) is 0 Å². The fraction of sp³-hybridized carbons (Fsp3) is 0.600. The predicted octanol–water partition coefficient (Wildman–Crippen LogP) is 2.99. The molecule has 1 amide bonds. The van der Waals surface area contributed by atoms with Crippen LogP contribution in [0.4, 0.5) is 5.82 Å². The minimum atomic E-state index is -0.0298. The molecule has 106 valence electrons. The monoisotopic (exact) mass is 263 g/mol. The lowest BCUT2D eigenvalue weighted by Gasteiger charge is -2.17. The maximum absolute atomic E-state index is 12.2. The fourth-order valence-electron chi connectivity index (χ4n) is 2.06. The number of nitrogens with zero attached hydrogens (tertiary/aromatic N) is 1. The molecule has 0 radical (unpaired) electrons. The van der Waals surface area contributed by atoms with Crippen LogP contribution in [0.1, 0.15) is 49.7 Å². The Morgan fingerprint density at radius 1 is 1.37 bits per heavy atom. The molecule has 2 atom stereocenters. The lowest BCUT2D eigenvalue weighted by molar-refractivity contribution is 0.0935. The highest BCUT2D eigenvalue weighted by Crippen LogP contribution is 2.12. The van der Waals surface area contributed by atoms with E-state index in [-0.39, 0.29) is 11.9 Å². The number of anilines is 1. The van der Waals surface area contributed by atoms with Gasteiger partial charge in [-0.2, -0.15) is 0 Å². The molecule has 1 aromatic rings. The van der Waals surface area contributed by atoms with Gasteiger partial charge in [-0.25, -0.2) is 4.98 Å². The lowest BCUT2D eigenvalue weighted by atomic mass is 10.00. The molecule has 1 heterocycles. The fourth-order valence-corrected chi connectivity index (χ4v) is 2.06. The van der Waals surface area contributed by atoms with Crippen molar-refractivity contribution in [2.24, 2.45) is 5.92 Å². The van der Waals surface area contributed by atoms with E-state index in [4.69, 9.17) is 0 Å². The third kappa shape index (κ3) is 4.89. The summed E-state index contributed by atoms with van der Waals surface area (Å²) in [6.07, 6.45) is 2.14. The van der Waals surface area contributed by atoms with Crippen LogP contribution in [0.5, 0.6) is 0 Å². The number of aryl methyl sites for hydroxylation is 1. The van der Waals surface area contributed by atoms with Crippen molar-refractivity contribution in [1.29, 1.82) is 0 Å². The molecule has 0 spiro atoms. The SMILES string of the molecule is CCC(C)CC(C)NC(=O)c1cc(C)nc(NC)c1. The molecule has 4 heteroatoms. The van der Waals surface area contributed by atoms with Crippen molar-refractivity contribution in [3.8, 4) is 0 Å². The van der Waals surface area contributed by atoms with Crippen molar-refractivity contribution >= 4 is 11.7 Å². The van der Waals surface area contributed by atoms with E-state index in [0.29, 0.717) is 11.5 Å².